The molecule has 1 saturated heterocycles. The highest BCUT2D eigenvalue weighted by atomic mass is 16.6. The molecule has 21 heavy (non-hydrogen) atoms. The molecule has 2 amide bonds. The molecule has 0 unspecified atom stereocenters. The molecule has 120 valence electrons. The fourth-order valence-electron chi connectivity index (χ4n) is 2.03. The average Bonchev–Trinajstić information content (AvgIpc) is 2.50. The van der Waals surface area contributed by atoms with Crippen LogP contribution in [0.5, 0.6) is 0 Å². The lowest BCUT2D eigenvalue weighted by Gasteiger charge is -2.28. The van der Waals surface area contributed by atoms with Crippen molar-refractivity contribution < 1.29 is 23.9 Å². The molecule has 1 aliphatic rings. The number of esters is 1. The summed E-state index contributed by atoms with van der Waals surface area (Å²) < 4.78 is 10.5. The van der Waals surface area contributed by atoms with Gasteiger partial charge in [0.1, 0.15) is 17.2 Å². The Balaban J connectivity index is 2.94. The van der Waals surface area contributed by atoms with Gasteiger partial charge in [-0.15, -0.1) is 0 Å². The van der Waals surface area contributed by atoms with E-state index >= 15 is 0 Å². The molecule has 2 atom stereocenters. The van der Waals surface area contributed by atoms with Crippen LogP contribution in [0, 0.1) is 5.92 Å². The number of imide groups is 1. The molecule has 6 heteroatoms. The van der Waals surface area contributed by atoms with E-state index in [0.29, 0.717) is 0 Å². The van der Waals surface area contributed by atoms with E-state index in [1.807, 2.05) is 0 Å². The number of hydrogen-bond donors (Lipinski definition) is 0. The van der Waals surface area contributed by atoms with Crippen LogP contribution in [0.4, 0.5) is 4.79 Å². The molecule has 0 N–H and O–H groups in total. The summed E-state index contributed by atoms with van der Waals surface area (Å²) in [6.45, 7) is 12.0. The third-order valence-corrected chi connectivity index (χ3v) is 2.82. The summed E-state index contributed by atoms with van der Waals surface area (Å²) in [6, 6.07) is -0.915. The molecule has 1 aliphatic heterocycles. The summed E-state index contributed by atoms with van der Waals surface area (Å²) in [6.07, 6.45) is -0.541. The lowest BCUT2D eigenvalue weighted by Crippen LogP contribution is -2.47. The minimum Gasteiger partial charge on any atom is -0.458 e. The van der Waals surface area contributed by atoms with Gasteiger partial charge in [-0.2, -0.15) is 0 Å². The minimum absolute atomic E-state index is 0.257. The maximum Gasteiger partial charge on any atom is 0.417 e. The van der Waals surface area contributed by atoms with E-state index in [0.717, 1.165) is 4.90 Å². The van der Waals surface area contributed by atoms with Gasteiger partial charge >= 0.3 is 12.1 Å². The Kier molecular flexibility index (Phi) is 4.70. The minimum atomic E-state index is -0.915. The van der Waals surface area contributed by atoms with E-state index in [1.54, 1.807) is 48.5 Å². The molecule has 0 aromatic carbocycles. The summed E-state index contributed by atoms with van der Waals surface area (Å²) >= 11 is 0. The fourth-order valence-corrected chi connectivity index (χ4v) is 2.03. The van der Waals surface area contributed by atoms with Crippen LogP contribution in [-0.4, -0.2) is 40.1 Å². The Hall–Kier alpha value is -1.59. The third-order valence-electron chi connectivity index (χ3n) is 2.82. The Morgan fingerprint density at radius 2 is 1.52 bits per heavy atom. The summed E-state index contributed by atoms with van der Waals surface area (Å²) in [5.74, 6) is -1.39. The highest BCUT2D eigenvalue weighted by Gasteiger charge is 2.47. The average molecular weight is 299 g/mol. The summed E-state index contributed by atoms with van der Waals surface area (Å²) in [4.78, 5) is 37.4. The van der Waals surface area contributed by atoms with Gasteiger partial charge in [0.05, 0.1) is 0 Å². The van der Waals surface area contributed by atoms with Crippen molar-refractivity contribution in [2.75, 3.05) is 0 Å². The van der Waals surface area contributed by atoms with Crippen molar-refractivity contribution in [3.05, 3.63) is 0 Å². The predicted molar refractivity (Wildman–Crippen MR) is 76.5 cm³/mol. The zero-order valence-electron chi connectivity index (χ0n) is 13.9. The number of carbonyl (C=O) groups excluding carboxylic acids is 3. The molecule has 0 spiro atoms. The highest BCUT2D eigenvalue weighted by Crippen LogP contribution is 2.28. The van der Waals surface area contributed by atoms with Gasteiger partial charge in [-0.25, -0.2) is 14.5 Å². The summed E-state index contributed by atoms with van der Waals surface area (Å²) in [7, 11) is 0. The van der Waals surface area contributed by atoms with E-state index in [-0.39, 0.29) is 6.42 Å². The number of carbonyl (C=O) groups is 3. The van der Waals surface area contributed by atoms with Gasteiger partial charge < -0.3 is 9.47 Å². The highest BCUT2D eigenvalue weighted by molar-refractivity contribution is 6.00. The fraction of sp³-hybridized carbons (Fsp3) is 0.800. The number of ether oxygens (including phenoxy) is 2. The van der Waals surface area contributed by atoms with Crippen molar-refractivity contribution >= 4 is 18.0 Å². The molecule has 1 rings (SSSR count). The molecule has 6 nitrogen and oxygen atoms in total. The first-order valence-electron chi connectivity index (χ1n) is 7.11. The second-order valence-corrected chi connectivity index (χ2v) is 7.37. The third kappa shape index (κ3) is 4.72. The van der Waals surface area contributed by atoms with Gasteiger partial charge in [0, 0.05) is 5.92 Å². The lowest BCUT2D eigenvalue weighted by molar-refractivity contribution is -0.161. The second-order valence-electron chi connectivity index (χ2n) is 7.37. The van der Waals surface area contributed by atoms with Crippen molar-refractivity contribution in [3.8, 4) is 0 Å². The van der Waals surface area contributed by atoms with E-state index in [1.165, 1.54) is 0 Å². The molecule has 0 saturated carbocycles. The Labute approximate surface area is 125 Å². The molecule has 0 aromatic heterocycles. The van der Waals surface area contributed by atoms with Gasteiger partial charge in [0.25, 0.3) is 0 Å². The normalized spacial score (nSPS) is 23.2. The molecule has 0 aromatic rings. The van der Waals surface area contributed by atoms with Crippen LogP contribution in [0.3, 0.4) is 0 Å². The van der Waals surface area contributed by atoms with Crippen molar-refractivity contribution in [1.29, 1.82) is 0 Å². The zero-order valence-corrected chi connectivity index (χ0v) is 13.9. The maximum absolute atomic E-state index is 12.2. The lowest BCUT2D eigenvalue weighted by atomic mass is 10.1. The van der Waals surface area contributed by atoms with Crippen LogP contribution < -0.4 is 0 Å². The Morgan fingerprint density at radius 3 is 1.95 bits per heavy atom. The zero-order chi connectivity index (χ0) is 16.6. The number of nitrogens with zero attached hydrogens (tertiary/aromatic N) is 1. The van der Waals surface area contributed by atoms with Crippen molar-refractivity contribution in [2.45, 2.75) is 72.1 Å². The van der Waals surface area contributed by atoms with Crippen LogP contribution in [-0.2, 0) is 19.1 Å². The van der Waals surface area contributed by atoms with E-state index < -0.39 is 41.1 Å². The second kappa shape index (κ2) is 5.66. The molecular formula is C15H25NO5. The first kappa shape index (κ1) is 17.5. The van der Waals surface area contributed by atoms with Crippen LogP contribution in [0.25, 0.3) is 0 Å². The van der Waals surface area contributed by atoms with Crippen molar-refractivity contribution in [2.24, 2.45) is 5.92 Å². The van der Waals surface area contributed by atoms with Crippen molar-refractivity contribution in [1.82, 2.24) is 4.90 Å². The number of rotatable bonds is 1. The maximum atomic E-state index is 12.2. The molecular weight excluding hydrogens is 274 g/mol. The van der Waals surface area contributed by atoms with Gasteiger partial charge in [-0.3, -0.25) is 4.79 Å². The summed E-state index contributed by atoms with van der Waals surface area (Å²) in [5.41, 5.74) is -1.41. The SMILES string of the molecule is C[C@@H]1C[C@@H](C(=O)OC(C)(C)C)N(C(=O)OC(C)(C)C)C1=O. The van der Waals surface area contributed by atoms with Crippen molar-refractivity contribution in [3.63, 3.8) is 0 Å². The largest absolute Gasteiger partial charge is 0.458 e. The van der Waals surface area contributed by atoms with Crippen LogP contribution in [0.1, 0.15) is 54.9 Å². The van der Waals surface area contributed by atoms with E-state index in [4.69, 9.17) is 9.47 Å². The van der Waals surface area contributed by atoms with Gasteiger partial charge in [0.15, 0.2) is 0 Å². The standard InChI is InChI=1S/C15H25NO5/c1-9-8-10(12(18)20-14(2,3)4)16(11(9)17)13(19)21-15(5,6)7/h9-10H,8H2,1-7H3/t9-,10+/m1/s1. The number of amides is 2. The number of hydrogen-bond acceptors (Lipinski definition) is 5. The molecule has 0 bridgehead atoms. The quantitative estimate of drug-likeness (QED) is 0.696. The van der Waals surface area contributed by atoms with Crippen LogP contribution >= 0.6 is 0 Å². The van der Waals surface area contributed by atoms with E-state index in [2.05, 4.69) is 0 Å². The van der Waals surface area contributed by atoms with Gasteiger partial charge in [-0.05, 0) is 48.0 Å². The molecule has 0 radical (unpaired) electrons. The van der Waals surface area contributed by atoms with Gasteiger partial charge in [0.2, 0.25) is 5.91 Å². The summed E-state index contributed by atoms with van der Waals surface area (Å²) in [5, 5.41) is 0. The first-order valence-corrected chi connectivity index (χ1v) is 7.11. The van der Waals surface area contributed by atoms with E-state index in [9.17, 15) is 14.4 Å². The smallest absolute Gasteiger partial charge is 0.417 e. The Morgan fingerprint density at radius 1 is 1.05 bits per heavy atom. The molecule has 1 fully saturated rings. The van der Waals surface area contributed by atoms with Gasteiger partial charge in [-0.1, -0.05) is 6.92 Å². The first-order chi connectivity index (χ1) is 9.32. The Bertz CT molecular complexity index is 444. The predicted octanol–water partition coefficient (Wildman–Crippen LogP) is 2.50. The van der Waals surface area contributed by atoms with Crippen LogP contribution in [0.2, 0.25) is 0 Å². The molecule has 1 heterocycles. The van der Waals surface area contributed by atoms with Crippen LogP contribution in [0.15, 0.2) is 0 Å². The monoisotopic (exact) mass is 299 g/mol. The topological polar surface area (TPSA) is 72.9 Å². The number of likely N-dealkylation sites (tertiary alicyclic amines) is 1. The molecule has 0 aliphatic carbocycles.